The molecule has 0 amide bonds. The number of aryl methyl sites for hydroxylation is 1. The third-order valence-electron chi connectivity index (χ3n) is 3.06. The van der Waals surface area contributed by atoms with Crippen molar-refractivity contribution in [2.24, 2.45) is 0 Å². The van der Waals surface area contributed by atoms with Gasteiger partial charge in [0, 0.05) is 12.2 Å². The Bertz CT molecular complexity index is 459. The minimum Gasteiger partial charge on any atom is -0.468 e. The van der Waals surface area contributed by atoms with E-state index in [-0.39, 0.29) is 0 Å². The number of nitrogens with zero attached hydrogens (tertiary/aromatic N) is 1. The van der Waals surface area contributed by atoms with Crippen molar-refractivity contribution in [1.29, 1.82) is 0 Å². The highest BCUT2D eigenvalue weighted by molar-refractivity contribution is 5.29. The van der Waals surface area contributed by atoms with Crippen molar-refractivity contribution in [3.8, 4) is 0 Å². The van der Waals surface area contributed by atoms with Gasteiger partial charge in [0.2, 0.25) is 0 Å². The van der Waals surface area contributed by atoms with E-state index in [2.05, 4.69) is 15.5 Å². The van der Waals surface area contributed by atoms with E-state index in [1.807, 2.05) is 12.1 Å². The van der Waals surface area contributed by atoms with Gasteiger partial charge in [-0.05, 0) is 37.0 Å². The number of nitrogens with one attached hydrogen (secondary N) is 2. The summed E-state index contributed by atoms with van der Waals surface area (Å²) in [6.07, 6.45) is 5.28. The van der Waals surface area contributed by atoms with E-state index in [9.17, 15) is 0 Å². The summed E-state index contributed by atoms with van der Waals surface area (Å²) < 4.78 is 5.25. The number of H-pyrrole nitrogens is 1. The van der Waals surface area contributed by atoms with Crippen molar-refractivity contribution >= 4 is 0 Å². The van der Waals surface area contributed by atoms with E-state index in [0.717, 1.165) is 25.3 Å². The standard InChI is InChI=1S/C12H15N3O/c1-4-10-11(5-1)14-15-12(10)8-13-7-9-3-2-6-16-9/h2-3,6,13H,1,4-5,7-8H2,(H,14,15). The summed E-state index contributed by atoms with van der Waals surface area (Å²) >= 11 is 0. The molecule has 0 atom stereocenters. The molecule has 0 saturated heterocycles. The highest BCUT2D eigenvalue weighted by atomic mass is 16.3. The predicted octanol–water partition coefficient (Wildman–Crippen LogP) is 1.78. The molecular formula is C12H15N3O. The van der Waals surface area contributed by atoms with Crippen molar-refractivity contribution in [3.63, 3.8) is 0 Å². The summed E-state index contributed by atoms with van der Waals surface area (Å²) in [5, 5.41) is 10.8. The van der Waals surface area contributed by atoms with Crippen LogP contribution in [0.2, 0.25) is 0 Å². The average Bonchev–Trinajstić information content (AvgIpc) is 2.95. The lowest BCUT2D eigenvalue weighted by Crippen LogP contribution is -2.13. The molecule has 0 radical (unpaired) electrons. The third-order valence-corrected chi connectivity index (χ3v) is 3.06. The van der Waals surface area contributed by atoms with Gasteiger partial charge in [-0.15, -0.1) is 0 Å². The number of fused-ring (bicyclic) bond motifs is 1. The normalized spacial score (nSPS) is 14.2. The first-order valence-corrected chi connectivity index (χ1v) is 5.71. The quantitative estimate of drug-likeness (QED) is 0.820. The molecule has 1 aliphatic rings. The fourth-order valence-corrected chi connectivity index (χ4v) is 2.25. The Morgan fingerprint density at radius 2 is 2.38 bits per heavy atom. The molecule has 4 heteroatoms. The lowest BCUT2D eigenvalue weighted by molar-refractivity contribution is 0.481. The summed E-state index contributed by atoms with van der Waals surface area (Å²) in [5.41, 5.74) is 3.92. The van der Waals surface area contributed by atoms with Gasteiger partial charge in [0.05, 0.1) is 18.5 Å². The first kappa shape index (κ1) is 9.66. The van der Waals surface area contributed by atoms with Gasteiger partial charge in [-0.3, -0.25) is 5.10 Å². The average molecular weight is 217 g/mol. The number of aromatic amines is 1. The molecule has 16 heavy (non-hydrogen) atoms. The van der Waals surface area contributed by atoms with Crippen molar-refractivity contribution in [3.05, 3.63) is 41.1 Å². The number of furan rings is 1. The Hall–Kier alpha value is -1.55. The van der Waals surface area contributed by atoms with Crippen LogP contribution < -0.4 is 5.32 Å². The van der Waals surface area contributed by atoms with E-state index in [1.54, 1.807) is 6.26 Å². The first-order valence-electron chi connectivity index (χ1n) is 5.71. The van der Waals surface area contributed by atoms with Crippen molar-refractivity contribution in [1.82, 2.24) is 15.5 Å². The van der Waals surface area contributed by atoms with E-state index in [0.29, 0.717) is 0 Å². The minimum atomic E-state index is 0.759. The summed E-state index contributed by atoms with van der Waals surface area (Å²) in [5.74, 6) is 0.965. The molecule has 3 rings (SSSR count). The molecule has 84 valence electrons. The van der Waals surface area contributed by atoms with Crippen LogP contribution in [-0.2, 0) is 25.9 Å². The van der Waals surface area contributed by atoms with Crippen LogP contribution in [0.4, 0.5) is 0 Å². The van der Waals surface area contributed by atoms with Crippen LogP contribution in [0.15, 0.2) is 22.8 Å². The maximum Gasteiger partial charge on any atom is 0.117 e. The summed E-state index contributed by atoms with van der Waals surface area (Å²) in [4.78, 5) is 0. The molecule has 0 aromatic carbocycles. The molecule has 0 spiro atoms. The van der Waals surface area contributed by atoms with Crippen molar-refractivity contribution in [2.75, 3.05) is 0 Å². The Labute approximate surface area is 94.0 Å². The van der Waals surface area contributed by atoms with Crippen LogP contribution in [0.5, 0.6) is 0 Å². The fourth-order valence-electron chi connectivity index (χ4n) is 2.25. The molecule has 4 nitrogen and oxygen atoms in total. The van der Waals surface area contributed by atoms with Crippen LogP contribution in [-0.4, -0.2) is 10.2 Å². The van der Waals surface area contributed by atoms with Crippen molar-refractivity contribution < 1.29 is 4.42 Å². The Kier molecular flexibility index (Phi) is 2.50. The van der Waals surface area contributed by atoms with Gasteiger partial charge < -0.3 is 9.73 Å². The van der Waals surface area contributed by atoms with Gasteiger partial charge in [-0.2, -0.15) is 5.10 Å². The van der Waals surface area contributed by atoms with E-state index >= 15 is 0 Å². The molecule has 1 aliphatic carbocycles. The van der Waals surface area contributed by atoms with Crippen LogP contribution in [0.25, 0.3) is 0 Å². The minimum absolute atomic E-state index is 0.759. The zero-order valence-corrected chi connectivity index (χ0v) is 9.12. The molecule has 2 heterocycles. The third kappa shape index (κ3) is 1.76. The second-order valence-electron chi connectivity index (χ2n) is 4.16. The van der Waals surface area contributed by atoms with Gasteiger partial charge in [-0.25, -0.2) is 0 Å². The lowest BCUT2D eigenvalue weighted by Gasteiger charge is -2.01. The van der Waals surface area contributed by atoms with Gasteiger partial charge in [0.1, 0.15) is 5.76 Å². The smallest absolute Gasteiger partial charge is 0.117 e. The molecular weight excluding hydrogens is 202 g/mol. The highest BCUT2D eigenvalue weighted by Gasteiger charge is 2.17. The molecule has 2 aromatic heterocycles. The zero-order valence-electron chi connectivity index (χ0n) is 9.12. The second-order valence-corrected chi connectivity index (χ2v) is 4.16. The molecule has 0 bridgehead atoms. The highest BCUT2D eigenvalue weighted by Crippen LogP contribution is 2.22. The zero-order chi connectivity index (χ0) is 10.8. The number of rotatable bonds is 4. The summed E-state index contributed by atoms with van der Waals surface area (Å²) in [7, 11) is 0. The molecule has 2 N–H and O–H groups in total. The van der Waals surface area contributed by atoms with E-state index < -0.39 is 0 Å². The topological polar surface area (TPSA) is 53.9 Å². The molecule has 0 unspecified atom stereocenters. The maximum absolute atomic E-state index is 5.25. The SMILES string of the molecule is c1coc(CNCc2n[nH]c3c2CCC3)c1. The monoisotopic (exact) mass is 217 g/mol. The van der Waals surface area contributed by atoms with Crippen LogP contribution >= 0.6 is 0 Å². The van der Waals surface area contributed by atoms with Gasteiger partial charge in [0.15, 0.2) is 0 Å². The Morgan fingerprint density at radius 1 is 1.38 bits per heavy atom. The van der Waals surface area contributed by atoms with E-state index in [1.165, 1.54) is 29.8 Å². The largest absolute Gasteiger partial charge is 0.468 e. The summed E-state index contributed by atoms with van der Waals surface area (Å²) in [6.45, 7) is 1.57. The molecule has 2 aromatic rings. The molecule has 0 saturated carbocycles. The predicted molar refractivity (Wildman–Crippen MR) is 59.9 cm³/mol. The van der Waals surface area contributed by atoms with Gasteiger partial charge >= 0.3 is 0 Å². The Balaban J connectivity index is 1.58. The number of aromatic nitrogens is 2. The lowest BCUT2D eigenvalue weighted by atomic mass is 10.2. The first-order chi connectivity index (χ1) is 7.93. The number of hydrogen-bond donors (Lipinski definition) is 2. The van der Waals surface area contributed by atoms with Gasteiger partial charge in [0.25, 0.3) is 0 Å². The fraction of sp³-hybridized carbons (Fsp3) is 0.417. The summed E-state index contributed by atoms with van der Waals surface area (Å²) in [6, 6.07) is 3.88. The van der Waals surface area contributed by atoms with E-state index in [4.69, 9.17) is 4.42 Å². The van der Waals surface area contributed by atoms with Crippen molar-refractivity contribution in [2.45, 2.75) is 32.4 Å². The number of hydrogen-bond acceptors (Lipinski definition) is 3. The molecule has 0 aliphatic heterocycles. The van der Waals surface area contributed by atoms with Crippen LogP contribution in [0.3, 0.4) is 0 Å². The van der Waals surface area contributed by atoms with Crippen LogP contribution in [0.1, 0.15) is 29.1 Å². The Morgan fingerprint density at radius 3 is 3.25 bits per heavy atom. The maximum atomic E-state index is 5.25. The van der Waals surface area contributed by atoms with Crippen LogP contribution in [0, 0.1) is 0 Å². The second kappa shape index (κ2) is 4.14. The van der Waals surface area contributed by atoms with Gasteiger partial charge in [-0.1, -0.05) is 0 Å². The molecule has 0 fully saturated rings.